The number of hydrogen-bond acceptors (Lipinski definition) is 1. The van der Waals surface area contributed by atoms with E-state index >= 15 is 0 Å². The average molecular weight is 326 g/mol. The van der Waals surface area contributed by atoms with Crippen LogP contribution in [-0.2, 0) is 0 Å². The summed E-state index contributed by atoms with van der Waals surface area (Å²) in [6.07, 6.45) is 3.44. The van der Waals surface area contributed by atoms with Crippen molar-refractivity contribution in [3.8, 4) is 0 Å². The molecule has 1 atom stereocenters. The first-order valence-corrected chi connectivity index (χ1v) is 8.12. The molecule has 1 aromatic carbocycles. The average Bonchev–Trinajstić information content (AvgIpc) is 2.36. The second-order valence-electron chi connectivity index (χ2n) is 5.16. The molecule has 1 amide bonds. The van der Waals surface area contributed by atoms with Gasteiger partial charge in [-0.1, -0.05) is 47.0 Å². The molecular weight excluding hydrogens is 302 g/mol. The lowest BCUT2D eigenvalue weighted by molar-refractivity contribution is 0.0945. The molecule has 1 N–H and O–H groups in total. The van der Waals surface area contributed by atoms with Crippen LogP contribution < -0.4 is 5.32 Å². The van der Waals surface area contributed by atoms with Crippen molar-refractivity contribution in [3.63, 3.8) is 0 Å². The van der Waals surface area contributed by atoms with Crippen molar-refractivity contribution in [3.05, 3.63) is 34.9 Å². The van der Waals surface area contributed by atoms with Gasteiger partial charge in [0.1, 0.15) is 0 Å². The normalized spacial score (nSPS) is 12.2. The Balaban J connectivity index is 2.58. The minimum atomic E-state index is 0.0492. The maximum absolute atomic E-state index is 12.2. The summed E-state index contributed by atoms with van der Waals surface area (Å²) in [5.41, 5.74) is 3.03. The lowest BCUT2D eigenvalue weighted by atomic mass is 10.00. The van der Waals surface area contributed by atoms with E-state index in [1.54, 1.807) is 0 Å². The van der Waals surface area contributed by atoms with Gasteiger partial charge in [0.25, 0.3) is 5.91 Å². The van der Waals surface area contributed by atoms with Crippen LogP contribution in [0.1, 0.15) is 47.7 Å². The van der Waals surface area contributed by atoms with E-state index in [9.17, 15) is 4.79 Å². The highest BCUT2D eigenvalue weighted by molar-refractivity contribution is 9.09. The maximum Gasteiger partial charge on any atom is 0.251 e. The first-order valence-electron chi connectivity index (χ1n) is 6.99. The lowest BCUT2D eigenvalue weighted by Crippen LogP contribution is -2.30. The van der Waals surface area contributed by atoms with E-state index < -0.39 is 0 Å². The standard InChI is InChI=1S/C16H24BrNO/c1-4-5-14(8-9-17)11-18-16(19)15-7-6-12(2)10-13(15)3/h6-7,10,14H,4-5,8-9,11H2,1-3H3,(H,18,19). The van der Waals surface area contributed by atoms with Gasteiger partial charge in [0.15, 0.2) is 0 Å². The van der Waals surface area contributed by atoms with Crippen LogP contribution in [0.5, 0.6) is 0 Å². The first kappa shape index (κ1) is 16.2. The fourth-order valence-corrected chi connectivity index (χ4v) is 2.96. The molecule has 0 heterocycles. The summed E-state index contributed by atoms with van der Waals surface area (Å²) < 4.78 is 0. The summed E-state index contributed by atoms with van der Waals surface area (Å²) in [7, 11) is 0. The van der Waals surface area contributed by atoms with Crippen molar-refractivity contribution in [2.75, 3.05) is 11.9 Å². The minimum Gasteiger partial charge on any atom is -0.352 e. The Kier molecular flexibility index (Phi) is 7.14. The highest BCUT2D eigenvalue weighted by Gasteiger charge is 2.12. The molecule has 0 spiro atoms. The summed E-state index contributed by atoms with van der Waals surface area (Å²) in [4.78, 5) is 12.2. The Labute approximate surface area is 125 Å². The van der Waals surface area contributed by atoms with E-state index in [4.69, 9.17) is 0 Å². The second-order valence-corrected chi connectivity index (χ2v) is 5.95. The quantitative estimate of drug-likeness (QED) is 0.746. The summed E-state index contributed by atoms with van der Waals surface area (Å²) in [6, 6.07) is 5.96. The van der Waals surface area contributed by atoms with Gasteiger partial charge in [-0.3, -0.25) is 4.79 Å². The zero-order valence-electron chi connectivity index (χ0n) is 12.1. The summed E-state index contributed by atoms with van der Waals surface area (Å²) in [6.45, 7) is 6.99. The fraction of sp³-hybridized carbons (Fsp3) is 0.562. The molecule has 0 aliphatic carbocycles. The monoisotopic (exact) mass is 325 g/mol. The largest absolute Gasteiger partial charge is 0.352 e. The van der Waals surface area contributed by atoms with Gasteiger partial charge in [-0.05, 0) is 44.2 Å². The number of hydrogen-bond donors (Lipinski definition) is 1. The molecule has 1 unspecified atom stereocenters. The van der Waals surface area contributed by atoms with E-state index in [0.717, 1.165) is 35.8 Å². The number of carbonyl (C=O) groups excluding carboxylic acids is 1. The SMILES string of the molecule is CCCC(CCBr)CNC(=O)c1ccc(C)cc1C. The molecule has 0 aliphatic rings. The molecule has 1 rings (SSSR count). The van der Waals surface area contributed by atoms with Gasteiger partial charge in [-0.2, -0.15) is 0 Å². The number of rotatable bonds is 7. The molecule has 0 saturated carbocycles. The third kappa shape index (κ3) is 5.35. The van der Waals surface area contributed by atoms with Crippen LogP contribution in [0.3, 0.4) is 0 Å². The van der Waals surface area contributed by atoms with Gasteiger partial charge in [-0.15, -0.1) is 0 Å². The molecule has 0 saturated heterocycles. The van der Waals surface area contributed by atoms with E-state index in [-0.39, 0.29) is 5.91 Å². The van der Waals surface area contributed by atoms with Crippen LogP contribution in [-0.4, -0.2) is 17.8 Å². The lowest BCUT2D eigenvalue weighted by Gasteiger charge is -2.16. The Hall–Kier alpha value is -0.830. The van der Waals surface area contributed by atoms with Gasteiger partial charge >= 0.3 is 0 Å². The van der Waals surface area contributed by atoms with Gasteiger partial charge in [-0.25, -0.2) is 0 Å². The van der Waals surface area contributed by atoms with Crippen molar-refractivity contribution in [2.45, 2.75) is 40.0 Å². The highest BCUT2D eigenvalue weighted by Crippen LogP contribution is 2.13. The van der Waals surface area contributed by atoms with Crippen molar-refractivity contribution in [1.82, 2.24) is 5.32 Å². The van der Waals surface area contributed by atoms with Gasteiger partial charge in [0, 0.05) is 17.4 Å². The van der Waals surface area contributed by atoms with Crippen molar-refractivity contribution < 1.29 is 4.79 Å². The predicted octanol–water partition coefficient (Wildman–Crippen LogP) is 4.23. The Morgan fingerprint density at radius 3 is 2.63 bits per heavy atom. The van der Waals surface area contributed by atoms with E-state index in [0.29, 0.717) is 5.92 Å². The van der Waals surface area contributed by atoms with Crippen LogP contribution in [0.25, 0.3) is 0 Å². The highest BCUT2D eigenvalue weighted by atomic mass is 79.9. The Bertz CT molecular complexity index is 411. The zero-order valence-corrected chi connectivity index (χ0v) is 13.7. The van der Waals surface area contributed by atoms with E-state index in [1.165, 1.54) is 12.0 Å². The van der Waals surface area contributed by atoms with Gasteiger partial charge < -0.3 is 5.32 Å². The number of aryl methyl sites for hydroxylation is 2. The van der Waals surface area contributed by atoms with Gasteiger partial charge in [0.2, 0.25) is 0 Å². The Morgan fingerprint density at radius 2 is 2.05 bits per heavy atom. The van der Waals surface area contributed by atoms with Gasteiger partial charge in [0.05, 0.1) is 0 Å². The molecule has 1 aromatic rings. The number of benzene rings is 1. The fourth-order valence-electron chi connectivity index (χ4n) is 2.31. The molecule has 0 aromatic heterocycles. The molecular formula is C16H24BrNO. The summed E-state index contributed by atoms with van der Waals surface area (Å²) in [5, 5.41) is 4.07. The van der Waals surface area contributed by atoms with Crippen molar-refractivity contribution in [1.29, 1.82) is 0 Å². The molecule has 0 aliphatic heterocycles. The third-order valence-corrected chi connectivity index (χ3v) is 3.85. The Morgan fingerprint density at radius 1 is 1.32 bits per heavy atom. The first-order chi connectivity index (χ1) is 9.08. The smallest absolute Gasteiger partial charge is 0.251 e. The number of amides is 1. The van der Waals surface area contributed by atoms with Crippen LogP contribution in [0.2, 0.25) is 0 Å². The van der Waals surface area contributed by atoms with Crippen LogP contribution in [0.4, 0.5) is 0 Å². The van der Waals surface area contributed by atoms with Crippen molar-refractivity contribution in [2.24, 2.45) is 5.92 Å². The molecule has 106 valence electrons. The van der Waals surface area contributed by atoms with Crippen LogP contribution in [0, 0.1) is 19.8 Å². The number of carbonyl (C=O) groups is 1. The molecule has 2 nitrogen and oxygen atoms in total. The summed E-state index contributed by atoms with van der Waals surface area (Å²) in [5.74, 6) is 0.618. The molecule has 3 heteroatoms. The number of alkyl halides is 1. The van der Waals surface area contributed by atoms with Crippen LogP contribution >= 0.6 is 15.9 Å². The number of nitrogens with one attached hydrogen (secondary N) is 1. The molecule has 0 fully saturated rings. The topological polar surface area (TPSA) is 29.1 Å². The van der Waals surface area contributed by atoms with Crippen LogP contribution in [0.15, 0.2) is 18.2 Å². The zero-order chi connectivity index (χ0) is 14.3. The third-order valence-electron chi connectivity index (χ3n) is 3.39. The molecule has 19 heavy (non-hydrogen) atoms. The number of halogens is 1. The van der Waals surface area contributed by atoms with E-state index in [2.05, 4.69) is 34.2 Å². The molecule has 0 bridgehead atoms. The molecule has 0 radical (unpaired) electrons. The van der Waals surface area contributed by atoms with Crippen molar-refractivity contribution >= 4 is 21.8 Å². The minimum absolute atomic E-state index is 0.0492. The predicted molar refractivity (Wildman–Crippen MR) is 85.1 cm³/mol. The maximum atomic E-state index is 12.2. The summed E-state index contributed by atoms with van der Waals surface area (Å²) >= 11 is 3.48. The second kappa shape index (κ2) is 8.36. The van der Waals surface area contributed by atoms with E-state index in [1.807, 2.05) is 26.0 Å².